The van der Waals surface area contributed by atoms with Crippen molar-refractivity contribution in [1.29, 1.82) is 0 Å². The summed E-state index contributed by atoms with van der Waals surface area (Å²) in [5.41, 5.74) is 1.89. The fourth-order valence-electron chi connectivity index (χ4n) is 2.28. The van der Waals surface area contributed by atoms with Gasteiger partial charge in [0.25, 0.3) is 0 Å². The second-order valence-electron chi connectivity index (χ2n) is 5.26. The molecule has 0 aliphatic heterocycles. The number of rotatable bonds is 8. The molecule has 0 amide bonds. The average molecular weight is 356 g/mol. The number of benzene rings is 1. The van der Waals surface area contributed by atoms with E-state index < -0.39 is 6.29 Å². The third-order valence-corrected chi connectivity index (χ3v) is 3.64. The van der Waals surface area contributed by atoms with Crippen molar-refractivity contribution >= 4 is 28.6 Å². The number of nitrogens with zero attached hydrogens (tertiary/aromatic N) is 4. The minimum Gasteiger partial charge on any atom is -0.497 e. The molecular weight excluding hydrogens is 336 g/mol. The zero-order chi connectivity index (χ0) is 18.4. The van der Waals surface area contributed by atoms with Gasteiger partial charge in [0.2, 0.25) is 5.95 Å². The van der Waals surface area contributed by atoms with Crippen molar-refractivity contribution in [3.05, 3.63) is 36.7 Å². The van der Waals surface area contributed by atoms with Crippen molar-refractivity contribution in [2.45, 2.75) is 6.29 Å². The molecule has 2 heterocycles. The molecule has 0 saturated carbocycles. The first-order valence-electron chi connectivity index (χ1n) is 7.92. The van der Waals surface area contributed by atoms with Crippen molar-refractivity contribution in [1.82, 2.24) is 19.9 Å². The van der Waals surface area contributed by atoms with E-state index in [0.717, 1.165) is 11.4 Å². The van der Waals surface area contributed by atoms with Crippen molar-refractivity contribution in [3.8, 4) is 5.75 Å². The molecule has 0 aliphatic rings. The average Bonchev–Trinajstić information content (AvgIpc) is 2.69. The van der Waals surface area contributed by atoms with E-state index in [1.165, 1.54) is 0 Å². The van der Waals surface area contributed by atoms with Crippen LogP contribution in [-0.4, -0.2) is 54.1 Å². The van der Waals surface area contributed by atoms with E-state index in [4.69, 9.17) is 14.2 Å². The Balaban J connectivity index is 1.89. The van der Waals surface area contributed by atoms with Gasteiger partial charge in [0.05, 0.1) is 13.7 Å². The molecular formula is C17H20N6O3. The number of nitrogens with one attached hydrogen (secondary N) is 2. The minimum absolute atomic E-state index is 0.390. The van der Waals surface area contributed by atoms with Crippen LogP contribution in [0, 0.1) is 0 Å². The van der Waals surface area contributed by atoms with Crippen LogP contribution in [0.2, 0.25) is 0 Å². The molecule has 9 nitrogen and oxygen atoms in total. The van der Waals surface area contributed by atoms with Gasteiger partial charge in [-0.3, -0.25) is 0 Å². The molecule has 0 unspecified atom stereocenters. The molecule has 0 fully saturated rings. The normalized spacial score (nSPS) is 10.9. The van der Waals surface area contributed by atoms with E-state index in [2.05, 4.69) is 30.6 Å². The summed E-state index contributed by atoms with van der Waals surface area (Å²) in [5.74, 6) is 1.71. The van der Waals surface area contributed by atoms with Gasteiger partial charge in [0.15, 0.2) is 23.3 Å². The Morgan fingerprint density at radius 3 is 2.38 bits per heavy atom. The lowest BCUT2D eigenvalue weighted by Gasteiger charge is -2.15. The quantitative estimate of drug-likeness (QED) is 0.588. The second-order valence-corrected chi connectivity index (χ2v) is 5.26. The smallest absolute Gasteiger partial charge is 0.227 e. The van der Waals surface area contributed by atoms with E-state index in [0.29, 0.717) is 29.5 Å². The zero-order valence-corrected chi connectivity index (χ0v) is 14.8. The Morgan fingerprint density at radius 2 is 1.69 bits per heavy atom. The summed E-state index contributed by atoms with van der Waals surface area (Å²) < 4.78 is 15.5. The fourth-order valence-corrected chi connectivity index (χ4v) is 2.28. The van der Waals surface area contributed by atoms with Gasteiger partial charge in [-0.25, -0.2) is 9.97 Å². The summed E-state index contributed by atoms with van der Waals surface area (Å²) in [4.78, 5) is 17.5. The highest BCUT2D eigenvalue weighted by Gasteiger charge is 2.12. The number of aromatic nitrogens is 4. The molecule has 3 aromatic rings. The predicted octanol–water partition coefficient (Wildman–Crippen LogP) is 2.20. The number of hydrogen-bond donors (Lipinski definition) is 2. The van der Waals surface area contributed by atoms with Crippen LogP contribution in [0.25, 0.3) is 11.2 Å². The van der Waals surface area contributed by atoms with Crippen LogP contribution in [0.4, 0.5) is 17.5 Å². The number of ether oxygens (including phenoxy) is 3. The molecule has 9 heteroatoms. The lowest BCUT2D eigenvalue weighted by Crippen LogP contribution is -2.24. The predicted molar refractivity (Wildman–Crippen MR) is 97.7 cm³/mol. The Labute approximate surface area is 150 Å². The van der Waals surface area contributed by atoms with E-state index >= 15 is 0 Å². The summed E-state index contributed by atoms with van der Waals surface area (Å²) >= 11 is 0. The van der Waals surface area contributed by atoms with Crippen LogP contribution in [-0.2, 0) is 9.47 Å². The number of fused-ring (bicyclic) bond motifs is 1. The van der Waals surface area contributed by atoms with Crippen molar-refractivity contribution < 1.29 is 14.2 Å². The molecule has 0 saturated heterocycles. The molecule has 0 aliphatic carbocycles. The summed E-state index contributed by atoms with van der Waals surface area (Å²) in [6, 6.07) is 7.50. The fraction of sp³-hybridized carbons (Fsp3) is 0.294. The van der Waals surface area contributed by atoms with Gasteiger partial charge in [-0.05, 0) is 24.3 Å². The van der Waals surface area contributed by atoms with E-state index in [9.17, 15) is 0 Å². The van der Waals surface area contributed by atoms with E-state index in [1.807, 2.05) is 24.3 Å². The van der Waals surface area contributed by atoms with Crippen LogP contribution < -0.4 is 15.4 Å². The third kappa shape index (κ3) is 4.13. The monoisotopic (exact) mass is 356 g/mol. The highest BCUT2D eigenvalue weighted by atomic mass is 16.7. The number of anilines is 3. The lowest BCUT2D eigenvalue weighted by atomic mass is 10.3. The van der Waals surface area contributed by atoms with Gasteiger partial charge < -0.3 is 24.8 Å². The van der Waals surface area contributed by atoms with Crippen molar-refractivity contribution in [2.24, 2.45) is 0 Å². The first-order valence-corrected chi connectivity index (χ1v) is 7.92. The number of methoxy groups -OCH3 is 3. The molecule has 3 rings (SSSR count). The largest absolute Gasteiger partial charge is 0.497 e. The Hall–Kier alpha value is -3.04. The highest BCUT2D eigenvalue weighted by Crippen LogP contribution is 2.23. The SMILES string of the molecule is COc1ccc(Nc2nc(NCC(OC)OC)nc3nccnc23)cc1. The Kier molecular flexibility index (Phi) is 5.72. The van der Waals surface area contributed by atoms with Crippen LogP contribution >= 0.6 is 0 Å². The molecule has 1 aromatic carbocycles. The molecule has 0 atom stereocenters. The van der Waals surface area contributed by atoms with Gasteiger partial charge in [-0.1, -0.05) is 0 Å². The Bertz CT molecular complexity index is 855. The number of hydrogen-bond acceptors (Lipinski definition) is 9. The van der Waals surface area contributed by atoms with Gasteiger partial charge in [0, 0.05) is 32.3 Å². The van der Waals surface area contributed by atoms with Crippen molar-refractivity contribution in [3.63, 3.8) is 0 Å². The lowest BCUT2D eigenvalue weighted by molar-refractivity contribution is -0.0914. The van der Waals surface area contributed by atoms with Gasteiger partial charge in [-0.15, -0.1) is 0 Å². The minimum atomic E-state index is -0.408. The van der Waals surface area contributed by atoms with Crippen molar-refractivity contribution in [2.75, 3.05) is 38.5 Å². The van der Waals surface area contributed by atoms with Gasteiger partial charge >= 0.3 is 0 Å². The van der Waals surface area contributed by atoms with E-state index in [1.54, 1.807) is 33.7 Å². The maximum absolute atomic E-state index is 5.17. The molecule has 0 bridgehead atoms. The molecule has 0 spiro atoms. The second kappa shape index (κ2) is 8.37. The third-order valence-electron chi connectivity index (χ3n) is 3.64. The van der Waals surface area contributed by atoms with Crippen LogP contribution in [0.3, 0.4) is 0 Å². The zero-order valence-electron chi connectivity index (χ0n) is 14.8. The molecule has 2 N–H and O–H groups in total. The summed E-state index contributed by atoms with van der Waals surface area (Å²) in [6.07, 6.45) is 2.78. The van der Waals surface area contributed by atoms with Crippen LogP contribution in [0.5, 0.6) is 5.75 Å². The first-order chi connectivity index (χ1) is 12.7. The first kappa shape index (κ1) is 17.8. The molecule has 2 aromatic heterocycles. The van der Waals surface area contributed by atoms with Crippen LogP contribution in [0.1, 0.15) is 0 Å². The highest BCUT2D eigenvalue weighted by molar-refractivity contribution is 5.85. The van der Waals surface area contributed by atoms with Crippen LogP contribution in [0.15, 0.2) is 36.7 Å². The maximum atomic E-state index is 5.17. The molecule has 0 radical (unpaired) electrons. The summed E-state index contributed by atoms with van der Waals surface area (Å²) in [5, 5.41) is 6.33. The van der Waals surface area contributed by atoms with E-state index in [-0.39, 0.29) is 0 Å². The summed E-state index contributed by atoms with van der Waals surface area (Å²) in [6.45, 7) is 0.390. The summed E-state index contributed by atoms with van der Waals surface area (Å²) in [7, 11) is 4.76. The van der Waals surface area contributed by atoms with Gasteiger partial charge in [0.1, 0.15) is 5.75 Å². The Morgan fingerprint density at radius 1 is 0.962 bits per heavy atom. The molecule has 136 valence electrons. The standard InChI is InChI=1S/C17H20N6O3/c1-24-12-6-4-11(5-7-12)21-16-14-15(19-9-8-18-14)22-17(23-16)20-10-13(25-2)26-3/h4-9,13H,10H2,1-3H3,(H2,19,20,21,22,23). The molecule has 26 heavy (non-hydrogen) atoms. The van der Waals surface area contributed by atoms with Gasteiger partial charge in [-0.2, -0.15) is 9.97 Å². The topological polar surface area (TPSA) is 103 Å². The maximum Gasteiger partial charge on any atom is 0.227 e.